The third kappa shape index (κ3) is 3.43. The maximum Gasteiger partial charge on any atom is 0.0642 e. The summed E-state index contributed by atoms with van der Waals surface area (Å²) >= 11 is 6.49. The van der Waals surface area contributed by atoms with E-state index in [0.29, 0.717) is 0 Å². The molecular formula is C16H23ClN2. The molecule has 2 aliphatic rings. The highest BCUT2D eigenvalue weighted by atomic mass is 35.5. The third-order valence-corrected chi connectivity index (χ3v) is 4.25. The van der Waals surface area contributed by atoms with Crippen LogP contribution < -0.4 is 10.2 Å². The third-order valence-electron chi connectivity index (χ3n) is 3.95. The van der Waals surface area contributed by atoms with Gasteiger partial charge in [0.25, 0.3) is 0 Å². The molecule has 3 heteroatoms. The highest BCUT2D eigenvalue weighted by Gasteiger charge is 2.29. The van der Waals surface area contributed by atoms with Gasteiger partial charge < -0.3 is 10.2 Å². The molecule has 104 valence electrons. The van der Waals surface area contributed by atoms with E-state index in [1.54, 1.807) is 0 Å². The number of rotatable bonds is 7. The van der Waals surface area contributed by atoms with Crippen LogP contribution in [0.4, 0.5) is 5.69 Å². The minimum atomic E-state index is 0.730. The second-order valence-electron chi connectivity index (χ2n) is 5.87. The fourth-order valence-corrected chi connectivity index (χ4v) is 2.88. The van der Waals surface area contributed by atoms with Crippen molar-refractivity contribution in [2.24, 2.45) is 0 Å². The zero-order valence-electron chi connectivity index (χ0n) is 11.7. The van der Waals surface area contributed by atoms with Crippen LogP contribution in [0, 0.1) is 0 Å². The first kappa shape index (κ1) is 13.3. The Hall–Kier alpha value is -0.730. The van der Waals surface area contributed by atoms with Crippen LogP contribution in [0.3, 0.4) is 0 Å². The van der Waals surface area contributed by atoms with Crippen LogP contribution in [0.5, 0.6) is 0 Å². The Kier molecular flexibility index (Phi) is 3.99. The molecule has 2 fully saturated rings. The van der Waals surface area contributed by atoms with Crippen molar-refractivity contribution in [2.75, 3.05) is 11.4 Å². The molecule has 2 saturated carbocycles. The van der Waals surface area contributed by atoms with Crippen LogP contribution in [0.1, 0.15) is 44.6 Å². The van der Waals surface area contributed by atoms with Crippen molar-refractivity contribution in [1.29, 1.82) is 0 Å². The molecule has 0 aliphatic heterocycles. The number of benzene rings is 1. The van der Waals surface area contributed by atoms with Crippen LogP contribution in [0.15, 0.2) is 18.2 Å². The molecule has 19 heavy (non-hydrogen) atoms. The van der Waals surface area contributed by atoms with Gasteiger partial charge in [-0.3, -0.25) is 0 Å². The number of hydrogen-bond acceptors (Lipinski definition) is 2. The molecule has 0 spiro atoms. The van der Waals surface area contributed by atoms with Crippen LogP contribution in [0.25, 0.3) is 0 Å². The van der Waals surface area contributed by atoms with Crippen molar-refractivity contribution in [3.05, 3.63) is 28.8 Å². The van der Waals surface area contributed by atoms with E-state index in [2.05, 4.69) is 35.3 Å². The average Bonchev–Trinajstić information content (AvgIpc) is 3.28. The van der Waals surface area contributed by atoms with Crippen LogP contribution >= 0.6 is 11.6 Å². The Labute approximate surface area is 121 Å². The van der Waals surface area contributed by atoms with Crippen molar-refractivity contribution in [2.45, 2.75) is 57.7 Å². The molecular weight excluding hydrogens is 256 g/mol. The van der Waals surface area contributed by atoms with E-state index >= 15 is 0 Å². The van der Waals surface area contributed by atoms with E-state index in [9.17, 15) is 0 Å². The van der Waals surface area contributed by atoms with Gasteiger partial charge in [-0.25, -0.2) is 0 Å². The van der Waals surface area contributed by atoms with Crippen LogP contribution in [-0.2, 0) is 6.54 Å². The van der Waals surface area contributed by atoms with Gasteiger partial charge in [0.1, 0.15) is 0 Å². The van der Waals surface area contributed by atoms with Gasteiger partial charge in [-0.15, -0.1) is 0 Å². The molecule has 0 amide bonds. The van der Waals surface area contributed by atoms with Gasteiger partial charge in [0.05, 0.1) is 10.7 Å². The number of anilines is 1. The summed E-state index contributed by atoms with van der Waals surface area (Å²) in [5.74, 6) is 0. The molecule has 0 aromatic heterocycles. The molecule has 1 aromatic rings. The zero-order valence-corrected chi connectivity index (χ0v) is 12.4. The molecule has 0 atom stereocenters. The molecule has 1 N–H and O–H groups in total. The summed E-state index contributed by atoms with van der Waals surface area (Å²) in [6.45, 7) is 4.29. The molecule has 0 unspecified atom stereocenters. The summed E-state index contributed by atoms with van der Waals surface area (Å²) in [6, 6.07) is 8.05. The molecule has 2 aliphatic carbocycles. The summed E-state index contributed by atoms with van der Waals surface area (Å²) < 4.78 is 0. The highest BCUT2D eigenvalue weighted by Crippen LogP contribution is 2.36. The molecule has 0 radical (unpaired) electrons. The lowest BCUT2D eigenvalue weighted by molar-refractivity contribution is 0.687. The smallest absolute Gasteiger partial charge is 0.0642 e. The minimum Gasteiger partial charge on any atom is -0.367 e. The number of nitrogens with zero attached hydrogens (tertiary/aromatic N) is 1. The average molecular weight is 279 g/mol. The summed E-state index contributed by atoms with van der Waals surface area (Å²) in [7, 11) is 0. The predicted octanol–water partition coefficient (Wildman–Crippen LogP) is 3.97. The molecule has 2 nitrogen and oxygen atoms in total. The first-order valence-corrected chi connectivity index (χ1v) is 7.94. The Bertz CT molecular complexity index is 438. The fraction of sp³-hybridized carbons (Fsp3) is 0.625. The normalized spacial score (nSPS) is 18.6. The van der Waals surface area contributed by atoms with Gasteiger partial charge in [-0.05, 0) is 49.8 Å². The van der Waals surface area contributed by atoms with Gasteiger partial charge in [0.15, 0.2) is 0 Å². The van der Waals surface area contributed by atoms with Gasteiger partial charge in [-0.2, -0.15) is 0 Å². The first-order chi connectivity index (χ1) is 9.28. The van der Waals surface area contributed by atoms with E-state index in [1.807, 2.05) is 0 Å². The summed E-state index contributed by atoms with van der Waals surface area (Å²) in [5, 5.41) is 4.45. The minimum absolute atomic E-state index is 0.730. The Morgan fingerprint density at radius 1 is 1.26 bits per heavy atom. The monoisotopic (exact) mass is 278 g/mol. The van der Waals surface area contributed by atoms with Gasteiger partial charge >= 0.3 is 0 Å². The van der Waals surface area contributed by atoms with Gasteiger partial charge in [0.2, 0.25) is 0 Å². The van der Waals surface area contributed by atoms with Crippen LogP contribution in [0.2, 0.25) is 5.02 Å². The van der Waals surface area contributed by atoms with E-state index in [0.717, 1.165) is 30.2 Å². The van der Waals surface area contributed by atoms with Gasteiger partial charge in [0, 0.05) is 25.2 Å². The van der Waals surface area contributed by atoms with Crippen molar-refractivity contribution in [1.82, 2.24) is 5.32 Å². The summed E-state index contributed by atoms with van der Waals surface area (Å²) in [5.41, 5.74) is 2.52. The van der Waals surface area contributed by atoms with E-state index in [1.165, 1.54) is 43.4 Å². The number of nitrogens with one attached hydrogen (secondary N) is 1. The topological polar surface area (TPSA) is 15.3 Å². The Balaban J connectivity index is 1.69. The lowest BCUT2D eigenvalue weighted by Gasteiger charge is -2.25. The molecule has 0 heterocycles. The second kappa shape index (κ2) is 5.72. The van der Waals surface area contributed by atoms with E-state index in [4.69, 9.17) is 11.6 Å². The second-order valence-corrected chi connectivity index (χ2v) is 6.27. The molecule has 0 bridgehead atoms. The Morgan fingerprint density at radius 2 is 2.05 bits per heavy atom. The van der Waals surface area contributed by atoms with Gasteiger partial charge in [-0.1, -0.05) is 24.6 Å². The van der Waals surface area contributed by atoms with Crippen LogP contribution in [-0.4, -0.2) is 18.6 Å². The summed E-state index contributed by atoms with van der Waals surface area (Å²) in [6.07, 6.45) is 6.48. The standard InChI is InChI=1S/C16H23ClN2/c1-2-9-19(14-6-7-14)16-8-3-12(10-15(16)17)11-18-13-4-5-13/h3,8,10,13-14,18H,2,4-7,9,11H2,1H3. The Morgan fingerprint density at radius 3 is 2.63 bits per heavy atom. The fourth-order valence-electron chi connectivity index (χ4n) is 2.57. The van der Waals surface area contributed by atoms with E-state index in [-0.39, 0.29) is 0 Å². The molecule has 1 aromatic carbocycles. The predicted molar refractivity (Wildman–Crippen MR) is 82.0 cm³/mol. The zero-order chi connectivity index (χ0) is 13.2. The SMILES string of the molecule is CCCN(c1ccc(CNC2CC2)cc1Cl)C1CC1. The highest BCUT2D eigenvalue weighted by molar-refractivity contribution is 6.33. The lowest BCUT2D eigenvalue weighted by atomic mass is 10.2. The quantitative estimate of drug-likeness (QED) is 0.812. The summed E-state index contributed by atoms with van der Waals surface area (Å²) in [4.78, 5) is 2.49. The number of halogens is 1. The molecule has 3 rings (SSSR count). The maximum atomic E-state index is 6.49. The number of hydrogen-bond donors (Lipinski definition) is 1. The van der Waals surface area contributed by atoms with E-state index < -0.39 is 0 Å². The lowest BCUT2D eigenvalue weighted by Crippen LogP contribution is -2.26. The largest absolute Gasteiger partial charge is 0.367 e. The molecule has 0 saturated heterocycles. The first-order valence-electron chi connectivity index (χ1n) is 7.56. The maximum absolute atomic E-state index is 6.49. The van der Waals surface area contributed by atoms with Crippen molar-refractivity contribution in [3.63, 3.8) is 0 Å². The van der Waals surface area contributed by atoms with Crippen molar-refractivity contribution < 1.29 is 0 Å². The van der Waals surface area contributed by atoms with Crippen molar-refractivity contribution >= 4 is 17.3 Å². The van der Waals surface area contributed by atoms with Crippen molar-refractivity contribution in [3.8, 4) is 0 Å².